The van der Waals surface area contributed by atoms with Gasteiger partial charge in [-0.3, -0.25) is 4.68 Å². The summed E-state index contributed by atoms with van der Waals surface area (Å²) >= 11 is 7.82. The first-order chi connectivity index (χ1) is 20.4. The molecule has 43 heavy (non-hydrogen) atoms. The summed E-state index contributed by atoms with van der Waals surface area (Å²) < 4.78 is 9.02. The maximum Gasteiger partial charge on any atom is 0.337 e. The third-order valence-corrected chi connectivity index (χ3v) is 9.22. The molecule has 0 aliphatic carbocycles. The van der Waals surface area contributed by atoms with Gasteiger partial charge in [-0.15, -0.1) is 11.3 Å². The van der Waals surface area contributed by atoms with E-state index in [2.05, 4.69) is 36.2 Å². The number of benzene rings is 3. The zero-order chi connectivity index (χ0) is 30.6. The monoisotopic (exact) mass is 614 g/mol. The quantitative estimate of drug-likeness (QED) is 0.208. The molecule has 0 fully saturated rings. The Bertz CT molecular complexity index is 1900. The molecule has 222 valence electrons. The fourth-order valence-corrected chi connectivity index (χ4v) is 7.03. The highest BCUT2D eigenvalue weighted by molar-refractivity contribution is 7.22. The van der Waals surface area contributed by atoms with Crippen LogP contribution in [0, 0.1) is 6.92 Å². The van der Waals surface area contributed by atoms with Gasteiger partial charge in [-0.05, 0) is 94.3 Å². The van der Waals surface area contributed by atoms with Gasteiger partial charge < -0.3 is 14.7 Å². The number of carbonyl (C=O) groups is 1. The number of thiazole rings is 1. The number of aryl methyl sites for hydroxylation is 2. The second-order valence-electron chi connectivity index (χ2n) is 12.3. The van der Waals surface area contributed by atoms with Crippen molar-refractivity contribution in [2.75, 3.05) is 20.1 Å². The summed E-state index contributed by atoms with van der Waals surface area (Å²) in [6.45, 7) is 9.46. The van der Waals surface area contributed by atoms with E-state index in [1.807, 2.05) is 69.8 Å². The Morgan fingerprint density at radius 2 is 1.81 bits per heavy atom. The minimum Gasteiger partial charge on any atom is -0.479 e. The van der Waals surface area contributed by atoms with Gasteiger partial charge >= 0.3 is 5.97 Å². The largest absolute Gasteiger partial charge is 0.479 e. The summed E-state index contributed by atoms with van der Waals surface area (Å²) in [5.41, 5.74) is 7.64. The first-order valence-electron chi connectivity index (χ1n) is 14.4. The number of likely N-dealkylation sites (N-methyl/N-ethyl adjacent to an activating group) is 1. The second kappa shape index (κ2) is 11.2. The zero-order valence-electron chi connectivity index (χ0n) is 25.2. The molecular weight excluding hydrogens is 580 g/mol. The lowest BCUT2D eigenvalue weighted by Gasteiger charge is -2.28. The number of nitrogens with zero attached hydrogens (tertiary/aromatic N) is 4. The second-order valence-corrected chi connectivity index (χ2v) is 13.7. The maximum atomic E-state index is 12.7. The van der Waals surface area contributed by atoms with E-state index in [1.54, 1.807) is 11.3 Å². The molecule has 9 heteroatoms. The van der Waals surface area contributed by atoms with Crippen molar-refractivity contribution in [3.05, 3.63) is 76.5 Å². The number of aromatic nitrogens is 3. The van der Waals surface area contributed by atoms with Crippen LogP contribution >= 0.6 is 22.9 Å². The van der Waals surface area contributed by atoms with Gasteiger partial charge in [0.2, 0.25) is 0 Å². The maximum absolute atomic E-state index is 12.7. The minimum absolute atomic E-state index is 0.611. The first-order valence-corrected chi connectivity index (χ1v) is 15.5. The molecule has 6 rings (SSSR count). The molecule has 0 spiro atoms. The van der Waals surface area contributed by atoms with E-state index in [1.165, 1.54) is 5.57 Å². The molecular formula is C34H35ClN4O3S. The van der Waals surface area contributed by atoms with Crippen LogP contribution in [0.15, 0.2) is 54.6 Å². The Labute approximate surface area is 260 Å². The van der Waals surface area contributed by atoms with E-state index < -0.39 is 17.7 Å². The predicted octanol–water partition coefficient (Wildman–Crippen LogP) is 8.14. The molecule has 1 aliphatic heterocycles. The number of hydrogen-bond acceptors (Lipinski definition) is 6. The Morgan fingerprint density at radius 3 is 2.47 bits per heavy atom. The summed E-state index contributed by atoms with van der Waals surface area (Å²) in [5, 5.41) is 17.8. The molecule has 0 bridgehead atoms. The fourth-order valence-electron chi connectivity index (χ4n) is 5.78. The standard InChI is InChI=1S/C34H35ClN4O3S/c1-19-17-25-31(28(20-7-10-23(35)11-8-20)27(19)30(33(40)41)42-34(2,3)4)43-32(36-25)22-9-12-26-24(18-22)29(37-39(26)6)21-13-15-38(5)16-14-21/h7-13,17-18,30H,14-16H2,1-6H3,(H,40,41). The molecule has 1 N–H and O–H groups in total. The van der Waals surface area contributed by atoms with Crippen molar-refractivity contribution in [2.45, 2.75) is 45.8 Å². The van der Waals surface area contributed by atoms with Gasteiger partial charge in [0.1, 0.15) is 5.01 Å². The molecule has 7 nitrogen and oxygen atoms in total. The van der Waals surface area contributed by atoms with Gasteiger partial charge in [0.05, 0.1) is 27.0 Å². The van der Waals surface area contributed by atoms with E-state index in [0.29, 0.717) is 10.6 Å². The fraction of sp³-hybridized carbons (Fsp3) is 0.324. The predicted molar refractivity (Wildman–Crippen MR) is 176 cm³/mol. The smallest absolute Gasteiger partial charge is 0.337 e. The summed E-state index contributed by atoms with van der Waals surface area (Å²) in [6.07, 6.45) is 2.08. The van der Waals surface area contributed by atoms with E-state index in [0.717, 1.165) is 73.6 Å². The topological polar surface area (TPSA) is 80.5 Å². The Balaban J connectivity index is 1.55. The van der Waals surface area contributed by atoms with E-state index in [-0.39, 0.29) is 0 Å². The molecule has 0 radical (unpaired) electrons. The zero-order valence-corrected chi connectivity index (χ0v) is 26.8. The minimum atomic E-state index is -1.15. The summed E-state index contributed by atoms with van der Waals surface area (Å²) in [4.78, 5) is 20.1. The van der Waals surface area contributed by atoms with Gasteiger partial charge in [-0.25, -0.2) is 9.78 Å². The molecule has 1 aliphatic rings. The highest BCUT2D eigenvalue weighted by Gasteiger charge is 2.32. The lowest BCUT2D eigenvalue weighted by Crippen LogP contribution is -2.28. The number of ether oxygens (including phenoxy) is 1. The molecule has 3 aromatic carbocycles. The number of carboxylic acids is 1. The molecule has 1 unspecified atom stereocenters. The van der Waals surface area contributed by atoms with Crippen molar-refractivity contribution < 1.29 is 14.6 Å². The Morgan fingerprint density at radius 1 is 1.09 bits per heavy atom. The van der Waals surface area contributed by atoms with Crippen LogP contribution in [-0.2, 0) is 16.6 Å². The first kappa shape index (κ1) is 29.5. The van der Waals surface area contributed by atoms with Gasteiger partial charge in [0.25, 0.3) is 0 Å². The lowest BCUT2D eigenvalue weighted by molar-refractivity contribution is -0.160. The molecule has 0 saturated carbocycles. The average molecular weight is 615 g/mol. The Kier molecular flexibility index (Phi) is 7.67. The van der Waals surface area contributed by atoms with Gasteiger partial charge in [0, 0.05) is 47.2 Å². The van der Waals surface area contributed by atoms with Gasteiger partial charge in [-0.2, -0.15) is 5.10 Å². The molecule has 0 saturated heterocycles. The third-order valence-electron chi connectivity index (χ3n) is 7.83. The van der Waals surface area contributed by atoms with Crippen LogP contribution in [-0.4, -0.2) is 56.5 Å². The number of halogens is 1. The van der Waals surface area contributed by atoms with Crippen molar-refractivity contribution in [3.8, 4) is 21.7 Å². The molecule has 5 aromatic rings. The van der Waals surface area contributed by atoms with Crippen LogP contribution < -0.4 is 0 Å². The molecule has 1 atom stereocenters. The van der Waals surface area contributed by atoms with Crippen molar-refractivity contribution in [2.24, 2.45) is 7.05 Å². The normalized spacial score (nSPS) is 15.3. The van der Waals surface area contributed by atoms with Gasteiger partial charge in [0.15, 0.2) is 6.10 Å². The SMILES string of the molecule is Cc1cc2nc(-c3ccc4c(c3)c(C3=CCN(C)CC3)nn4C)sc2c(-c2ccc(Cl)cc2)c1C(OC(C)(C)C)C(=O)O. The van der Waals surface area contributed by atoms with Crippen LogP contribution in [0.3, 0.4) is 0 Å². The highest BCUT2D eigenvalue weighted by Crippen LogP contribution is 2.45. The van der Waals surface area contributed by atoms with Gasteiger partial charge in [-0.1, -0.05) is 29.8 Å². The average Bonchev–Trinajstić information content (AvgIpc) is 3.52. The van der Waals surface area contributed by atoms with E-state index in [4.69, 9.17) is 26.4 Å². The molecule has 3 heterocycles. The lowest BCUT2D eigenvalue weighted by atomic mass is 9.91. The number of aliphatic carboxylic acids is 1. The van der Waals surface area contributed by atoms with Crippen molar-refractivity contribution >= 4 is 55.6 Å². The Hall–Kier alpha value is -3.56. The van der Waals surface area contributed by atoms with Crippen LogP contribution in [0.25, 0.3) is 48.4 Å². The van der Waals surface area contributed by atoms with Crippen molar-refractivity contribution in [1.29, 1.82) is 0 Å². The molecule has 2 aromatic heterocycles. The van der Waals surface area contributed by atoms with Crippen LogP contribution in [0.2, 0.25) is 5.02 Å². The number of fused-ring (bicyclic) bond motifs is 2. The summed E-state index contributed by atoms with van der Waals surface area (Å²) in [7, 11) is 4.12. The summed E-state index contributed by atoms with van der Waals surface area (Å²) in [6, 6.07) is 15.9. The van der Waals surface area contributed by atoms with E-state index in [9.17, 15) is 9.90 Å². The van der Waals surface area contributed by atoms with Crippen molar-refractivity contribution in [1.82, 2.24) is 19.7 Å². The van der Waals surface area contributed by atoms with Crippen LogP contribution in [0.4, 0.5) is 0 Å². The summed E-state index contributed by atoms with van der Waals surface area (Å²) in [5.74, 6) is -1.03. The number of rotatable bonds is 6. The van der Waals surface area contributed by atoms with E-state index >= 15 is 0 Å². The third kappa shape index (κ3) is 5.72. The van der Waals surface area contributed by atoms with Crippen LogP contribution in [0.5, 0.6) is 0 Å². The van der Waals surface area contributed by atoms with Crippen molar-refractivity contribution in [3.63, 3.8) is 0 Å². The van der Waals surface area contributed by atoms with Crippen LogP contribution in [0.1, 0.15) is 50.1 Å². The highest BCUT2D eigenvalue weighted by atomic mass is 35.5. The number of carboxylic acid groups (broad SMARTS) is 1. The number of hydrogen-bond donors (Lipinski definition) is 1. The molecule has 0 amide bonds.